The average molecular weight is 293 g/mol. The molecule has 0 aromatic heterocycles. The summed E-state index contributed by atoms with van der Waals surface area (Å²) in [5.41, 5.74) is -0.00475. The Morgan fingerprint density at radius 1 is 1.29 bits per heavy atom. The topological polar surface area (TPSA) is 93.1 Å². The maximum Gasteiger partial charge on any atom is 0.339 e. The summed E-state index contributed by atoms with van der Waals surface area (Å²) in [5.74, 6) is -0.981. The minimum Gasteiger partial charge on any atom is -0.497 e. The second-order valence-corrected chi connectivity index (χ2v) is 4.45. The molecule has 1 aliphatic rings. The molecule has 1 aromatic rings. The monoisotopic (exact) mass is 293 g/mol. The molecule has 21 heavy (non-hydrogen) atoms. The summed E-state index contributed by atoms with van der Waals surface area (Å²) in [6.07, 6.45) is 0.441. The number of rotatable bonds is 6. The van der Waals surface area contributed by atoms with Crippen LogP contribution in [0.5, 0.6) is 11.5 Å². The van der Waals surface area contributed by atoms with E-state index in [1.54, 1.807) is 0 Å². The van der Waals surface area contributed by atoms with Gasteiger partial charge in [-0.25, -0.2) is 4.79 Å². The van der Waals surface area contributed by atoms with Gasteiger partial charge in [0.25, 0.3) is 0 Å². The summed E-state index contributed by atoms with van der Waals surface area (Å²) in [7, 11) is 1.46. The Labute approximate surface area is 121 Å². The normalized spacial score (nSPS) is 14.4. The lowest BCUT2D eigenvalue weighted by Crippen LogP contribution is -2.33. The zero-order chi connectivity index (χ0) is 15.4. The molecule has 0 bridgehead atoms. The van der Waals surface area contributed by atoms with Gasteiger partial charge in [-0.2, -0.15) is 0 Å². The number of benzene rings is 1. The highest BCUT2D eigenvalue weighted by molar-refractivity contribution is 6.01. The number of likely N-dealkylation sites (tertiary alicyclic amines) is 1. The lowest BCUT2D eigenvalue weighted by molar-refractivity contribution is -0.138. The van der Waals surface area contributed by atoms with Crippen LogP contribution >= 0.6 is 0 Å². The standard InChI is InChI=1S/C14H15NO6/c1-20-9-2-3-10(14(18)19)11(8-9)21-7-6-15-12(16)4-5-13(15)17/h2-3,8H,4-7H2,1H3,(H,18,19). The largest absolute Gasteiger partial charge is 0.497 e. The Balaban J connectivity index is 2.03. The van der Waals surface area contributed by atoms with Gasteiger partial charge in [0.2, 0.25) is 11.8 Å². The third-order valence-corrected chi connectivity index (χ3v) is 3.15. The van der Waals surface area contributed by atoms with Crippen LogP contribution in [0.1, 0.15) is 23.2 Å². The molecular formula is C14H15NO6. The van der Waals surface area contributed by atoms with Gasteiger partial charge in [0.1, 0.15) is 23.7 Å². The number of carboxylic acids is 1. The molecule has 0 aliphatic carbocycles. The number of hydrogen-bond acceptors (Lipinski definition) is 5. The minimum atomic E-state index is -1.12. The summed E-state index contributed by atoms with van der Waals surface area (Å²) in [5, 5.41) is 9.08. The number of amides is 2. The molecule has 1 saturated heterocycles. The van der Waals surface area contributed by atoms with Gasteiger partial charge in [-0.05, 0) is 12.1 Å². The quantitative estimate of drug-likeness (QED) is 0.784. The molecule has 7 nitrogen and oxygen atoms in total. The molecule has 1 N–H and O–H groups in total. The molecule has 1 fully saturated rings. The van der Waals surface area contributed by atoms with Crippen molar-refractivity contribution in [3.63, 3.8) is 0 Å². The number of carbonyl (C=O) groups excluding carboxylic acids is 2. The molecule has 0 spiro atoms. The lowest BCUT2D eigenvalue weighted by atomic mass is 10.2. The summed E-state index contributed by atoms with van der Waals surface area (Å²) >= 11 is 0. The molecule has 7 heteroatoms. The van der Waals surface area contributed by atoms with E-state index in [-0.39, 0.29) is 49.1 Å². The molecule has 0 atom stereocenters. The van der Waals surface area contributed by atoms with E-state index in [0.29, 0.717) is 5.75 Å². The first-order chi connectivity index (χ1) is 10.0. The van der Waals surface area contributed by atoms with Crippen LogP contribution < -0.4 is 9.47 Å². The lowest BCUT2D eigenvalue weighted by Gasteiger charge is -2.15. The molecule has 1 aliphatic heterocycles. The fourth-order valence-corrected chi connectivity index (χ4v) is 2.04. The van der Waals surface area contributed by atoms with E-state index >= 15 is 0 Å². The molecule has 1 aromatic carbocycles. The van der Waals surface area contributed by atoms with Gasteiger partial charge in [-0.1, -0.05) is 0 Å². The highest BCUT2D eigenvalue weighted by Gasteiger charge is 2.28. The number of hydrogen-bond donors (Lipinski definition) is 1. The van der Waals surface area contributed by atoms with Crippen LogP contribution in [0.2, 0.25) is 0 Å². The molecule has 2 amide bonds. The van der Waals surface area contributed by atoms with Crippen molar-refractivity contribution in [3.8, 4) is 11.5 Å². The number of nitrogens with zero attached hydrogens (tertiary/aromatic N) is 1. The number of imide groups is 1. The summed E-state index contributed by atoms with van der Waals surface area (Å²) in [4.78, 5) is 35.1. The van der Waals surface area contributed by atoms with E-state index in [9.17, 15) is 14.4 Å². The number of carboxylic acid groups (broad SMARTS) is 1. The van der Waals surface area contributed by atoms with Crippen LogP contribution in [0.3, 0.4) is 0 Å². The van der Waals surface area contributed by atoms with Crippen molar-refractivity contribution in [3.05, 3.63) is 23.8 Å². The zero-order valence-electron chi connectivity index (χ0n) is 11.5. The number of ether oxygens (including phenoxy) is 2. The molecule has 2 rings (SSSR count). The van der Waals surface area contributed by atoms with Crippen molar-refractivity contribution < 1.29 is 29.0 Å². The van der Waals surface area contributed by atoms with E-state index in [0.717, 1.165) is 4.90 Å². The molecule has 0 radical (unpaired) electrons. The van der Waals surface area contributed by atoms with Crippen LogP contribution in [-0.2, 0) is 9.59 Å². The summed E-state index contributed by atoms with van der Waals surface area (Å²) in [6, 6.07) is 4.35. The van der Waals surface area contributed by atoms with E-state index in [2.05, 4.69) is 0 Å². The van der Waals surface area contributed by atoms with E-state index in [4.69, 9.17) is 14.6 Å². The van der Waals surface area contributed by atoms with Crippen molar-refractivity contribution >= 4 is 17.8 Å². The molecule has 0 saturated carbocycles. The van der Waals surface area contributed by atoms with Crippen LogP contribution in [0.4, 0.5) is 0 Å². The summed E-state index contributed by atoms with van der Waals surface area (Å²) < 4.78 is 10.4. The van der Waals surface area contributed by atoms with Gasteiger partial charge in [-0.3, -0.25) is 14.5 Å². The van der Waals surface area contributed by atoms with Gasteiger partial charge >= 0.3 is 5.97 Å². The maximum absolute atomic E-state index is 11.4. The third kappa shape index (κ3) is 3.31. The van der Waals surface area contributed by atoms with Crippen LogP contribution in [-0.4, -0.2) is 48.1 Å². The fourth-order valence-electron chi connectivity index (χ4n) is 2.04. The molecule has 0 unspecified atom stereocenters. The second kappa shape index (κ2) is 6.25. The van der Waals surface area contributed by atoms with Gasteiger partial charge in [-0.15, -0.1) is 0 Å². The number of aromatic carboxylic acids is 1. The number of methoxy groups -OCH3 is 1. The molecule has 112 valence electrons. The first kappa shape index (κ1) is 14.8. The maximum atomic E-state index is 11.4. The Hall–Kier alpha value is -2.57. The highest BCUT2D eigenvalue weighted by atomic mass is 16.5. The van der Waals surface area contributed by atoms with E-state index in [1.165, 1.54) is 25.3 Å². The van der Waals surface area contributed by atoms with Crippen molar-refractivity contribution in [1.29, 1.82) is 0 Å². The Kier molecular flexibility index (Phi) is 4.42. The predicted molar refractivity (Wildman–Crippen MR) is 71.4 cm³/mol. The van der Waals surface area contributed by atoms with Crippen LogP contribution in [0.25, 0.3) is 0 Å². The Bertz CT molecular complexity index is 567. The predicted octanol–water partition coefficient (Wildman–Crippen LogP) is 0.921. The Morgan fingerprint density at radius 3 is 2.52 bits per heavy atom. The van der Waals surface area contributed by atoms with E-state index in [1.807, 2.05) is 0 Å². The SMILES string of the molecule is COc1ccc(C(=O)O)c(OCCN2C(=O)CCC2=O)c1. The minimum absolute atomic E-state index is 0.00475. The van der Waals surface area contributed by atoms with E-state index < -0.39 is 5.97 Å². The van der Waals surface area contributed by atoms with Crippen LogP contribution in [0, 0.1) is 0 Å². The number of carbonyl (C=O) groups is 3. The van der Waals surface area contributed by atoms with Gasteiger partial charge in [0.15, 0.2) is 0 Å². The molecule has 1 heterocycles. The van der Waals surface area contributed by atoms with Gasteiger partial charge < -0.3 is 14.6 Å². The van der Waals surface area contributed by atoms with Crippen molar-refractivity contribution in [1.82, 2.24) is 4.90 Å². The fraction of sp³-hybridized carbons (Fsp3) is 0.357. The Morgan fingerprint density at radius 2 is 1.95 bits per heavy atom. The first-order valence-electron chi connectivity index (χ1n) is 6.40. The van der Waals surface area contributed by atoms with Crippen LogP contribution in [0.15, 0.2) is 18.2 Å². The summed E-state index contributed by atoms with van der Waals surface area (Å²) in [6.45, 7) is 0.138. The first-order valence-corrected chi connectivity index (χ1v) is 6.40. The zero-order valence-corrected chi connectivity index (χ0v) is 11.5. The van der Waals surface area contributed by atoms with Crippen molar-refractivity contribution in [2.24, 2.45) is 0 Å². The van der Waals surface area contributed by atoms with Gasteiger partial charge in [0.05, 0.1) is 13.7 Å². The average Bonchev–Trinajstić information content (AvgIpc) is 2.78. The smallest absolute Gasteiger partial charge is 0.339 e. The highest BCUT2D eigenvalue weighted by Crippen LogP contribution is 2.25. The second-order valence-electron chi connectivity index (χ2n) is 4.45. The third-order valence-electron chi connectivity index (χ3n) is 3.15. The van der Waals surface area contributed by atoms with Crippen molar-refractivity contribution in [2.75, 3.05) is 20.3 Å². The van der Waals surface area contributed by atoms with Gasteiger partial charge in [0, 0.05) is 18.9 Å². The van der Waals surface area contributed by atoms with Crippen molar-refractivity contribution in [2.45, 2.75) is 12.8 Å². The molecular weight excluding hydrogens is 278 g/mol.